The molecule has 3 nitrogen and oxygen atoms in total. The smallest absolute Gasteiger partial charge is 0.101 e. The molecule has 4 heteroatoms. The van der Waals surface area contributed by atoms with Crippen LogP contribution in [-0.4, -0.2) is 31.4 Å². The zero-order valence-corrected chi connectivity index (χ0v) is 10.6. The minimum Gasteiger partial charge on any atom is -0.386 e. The van der Waals surface area contributed by atoms with E-state index in [1.54, 1.807) is 11.3 Å². The number of thiophene rings is 1. The molecular formula is C12H21NO2S. The van der Waals surface area contributed by atoms with E-state index >= 15 is 0 Å². The van der Waals surface area contributed by atoms with Gasteiger partial charge < -0.3 is 15.2 Å². The summed E-state index contributed by atoms with van der Waals surface area (Å²) in [5.74, 6) is 0. The molecular weight excluding hydrogens is 222 g/mol. The SMILES string of the molecule is CCCOCCCNCC(O)c1cccs1. The van der Waals surface area contributed by atoms with Gasteiger partial charge in [0.25, 0.3) is 0 Å². The van der Waals surface area contributed by atoms with Crippen molar-refractivity contribution in [1.29, 1.82) is 0 Å². The van der Waals surface area contributed by atoms with Gasteiger partial charge in [0.1, 0.15) is 6.10 Å². The molecule has 1 unspecified atom stereocenters. The normalized spacial score (nSPS) is 12.9. The van der Waals surface area contributed by atoms with E-state index in [2.05, 4.69) is 12.2 Å². The largest absolute Gasteiger partial charge is 0.386 e. The molecule has 0 saturated carbocycles. The van der Waals surface area contributed by atoms with Gasteiger partial charge in [0.15, 0.2) is 0 Å². The highest BCUT2D eigenvalue weighted by molar-refractivity contribution is 7.10. The van der Waals surface area contributed by atoms with Gasteiger partial charge in [0.05, 0.1) is 0 Å². The zero-order chi connectivity index (χ0) is 11.6. The maximum absolute atomic E-state index is 9.77. The first-order valence-corrected chi connectivity index (χ1v) is 6.72. The number of hydrogen-bond acceptors (Lipinski definition) is 4. The monoisotopic (exact) mass is 243 g/mol. The summed E-state index contributed by atoms with van der Waals surface area (Å²) in [6.07, 6.45) is 1.69. The van der Waals surface area contributed by atoms with Crippen molar-refractivity contribution in [2.75, 3.05) is 26.3 Å². The fraction of sp³-hybridized carbons (Fsp3) is 0.667. The molecule has 0 bridgehead atoms. The third-order valence-electron chi connectivity index (χ3n) is 2.20. The molecule has 1 aromatic heterocycles. The van der Waals surface area contributed by atoms with E-state index in [0.717, 1.165) is 37.5 Å². The minimum absolute atomic E-state index is 0.378. The van der Waals surface area contributed by atoms with Crippen LogP contribution in [0.5, 0.6) is 0 Å². The van der Waals surface area contributed by atoms with Gasteiger partial charge in [-0.1, -0.05) is 13.0 Å². The number of rotatable bonds is 9. The third kappa shape index (κ3) is 5.61. The second-order valence-electron chi connectivity index (χ2n) is 3.70. The van der Waals surface area contributed by atoms with Gasteiger partial charge in [0, 0.05) is 24.6 Å². The number of ether oxygens (including phenoxy) is 1. The Morgan fingerprint density at radius 3 is 3.06 bits per heavy atom. The van der Waals surface area contributed by atoms with Crippen LogP contribution in [0.2, 0.25) is 0 Å². The van der Waals surface area contributed by atoms with E-state index in [4.69, 9.17) is 4.74 Å². The highest BCUT2D eigenvalue weighted by atomic mass is 32.1. The lowest BCUT2D eigenvalue weighted by atomic mass is 10.3. The molecule has 0 saturated heterocycles. The summed E-state index contributed by atoms with van der Waals surface area (Å²) in [4.78, 5) is 1.02. The number of aliphatic hydroxyl groups is 1. The van der Waals surface area contributed by atoms with Crippen LogP contribution < -0.4 is 5.32 Å². The second kappa shape index (κ2) is 8.70. The van der Waals surface area contributed by atoms with Crippen LogP contribution >= 0.6 is 11.3 Å². The van der Waals surface area contributed by atoms with E-state index in [9.17, 15) is 5.11 Å². The quantitative estimate of drug-likeness (QED) is 0.653. The van der Waals surface area contributed by atoms with Gasteiger partial charge in [-0.2, -0.15) is 0 Å². The van der Waals surface area contributed by atoms with Crippen molar-refractivity contribution in [2.45, 2.75) is 25.9 Å². The Balaban J connectivity index is 1.95. The van der Waals surface area contributed by atoms with Gasteiger partial charge in [-0.15, -0.1) is 11.3 Å². The molecule has 92 valence electrons. The summed E-state index contributed by atoms with van der Waals surface area (Å²) in [6.45, 7) is 5.27. The molecule has 1 heterocycles. The van der Waals surface area contributed by atoms with Crippen LogP contribution in [0, 0.1) is 0 Å². The predicted molar refractivity (Wildman–Crippen MR) is 67.9 cm³/mol. The molecule has 0 fully saturated rings. The first-order chi connectivity index (χ1) is 7.84. The molecule has 1 rings (SSSR count). The Morgan fingerprint density at radius 2 is 2.38 bits per heavy atom. The summed E-state index contributed by atoms with van der Waals surface area (Å²) in [5.41, 5.74) is 0. The van der Waals surface area contributed by atoms with Gasteiger partial charge in [0.2, 0.25) is 0 Å². The van der Waals surface area contributed by atoms with Crippen molar-refractivity contribution in [3.05, 3.63) is 22.4 Å². The lowest BCUT2D eigenvalue weighted by molar-refractivity contribution is 0.130. The minimum atomic E-state index is -0.378. The van der Waals surface area contributed by atoms with Gasteiger partial charge in [-0.05, 0) is 30.8 Å². The van der Waals surface area contributed by atoms with Crippen LogP contribution in [0.25, 0.3) is 0 Å². The molecule has 16 heavy (non-hydrogen) atoms. The summed E-state index contributed by atoms with van der Waals surface area (Å²) in [7, 11) is 0. The standard InChI is InChI=1S/C12H21NO2S/c1-2-7-15-8-4-6-13-10-11(14)12-5-3-9-16-12/h3,5,9,11,13-14H,2,4,6-8,10H2,1H3. The van der Waals surface area contributed by atoms with E-state index in [-0.39, 0.29) is 6.10 Å². The average Bonchev–Trinajstić information content (AvgIpc) is 2.81. The number of nitrogens with one attached hydrogen (secondary N) is 1. The van der Waals surface area contributed by atoms with Crippen LogP contribution in [-0.2, 0) is 4.74 Å². The maximum Gasteiger partial charge on any atom is 0.101 e. The summed E-state index contributed by atoms with van der Waals surface area (Å²) in [6, 6.07) is 3.92. The first kappa shape index (κ1) is 13.6. The fourth-order valence-electron chi connectivity index (χ4n) is 1.37. The van der Waals surface area contributed by atoms with Gasteiger partial charge >= 0.3 is 0 Å². The van der Waals surface area contributed by atoms with E-state index < -0.39 is 0 Å². The van der Waals surface area contributed by atoms with Crippen LogP contribution in [0.1, 0.15) is 30.7 Å². The first-order valence-electron chi connectivity index (χ1n) is 5.84. The van der Waals surface area contributed by atoms with Crippen molar-refractivity contribution in [2.24, 2.45) is 0 Å². The lowest BCUT2D eigenvalue weighted by Gasteiger charge is -2.10. The van der Waals surface area contributed by atoms with Crippen LogP contribution in [0.3, 0.4) is 0 Å². The Hall–Kier alpha value is -0.420. The Labute approximate surface area is 101 Å². The highest BCUT2D eigenvalue weighted by Crippen LogP contribution is 2.17. The molecule has 0 spiro atoms. The topological polar surface area (TPSA) is 41.5 Å². The lowest BCUT2D eigenvalue weighted by Crippen LogP contribution is -2.23. The van der Waals surface area contributed by atoms with E-state index in [0.29, 0.717) is 6.54 Å². The van der Waals surface area contributed by atoms with Crippen molar-refractivity contribution >= 4 is 11.3 Å². The van der Waals surface area contributed by atoms with Gasteiger partial charge in [-0.25, -0.2) is 0 Å². The average molecular weight is 243 g/mol. The maximum atomic E-state index is 9.77. The Bertz CT molecular complexity index is 252. The molecule has 1 atom stereocenters. The highest BCUT2D eigenvalue weighted by Gasteiger charge is 2.06. The molecule has 2 N–H and O–H groups in total. The molecule has 0 radical (unpaired) electrons. The zero-order valence-electron chi connectivity index (χ0n) is 9.82. The Morgan fingerprint density at radius 1 is 1.50 bits per heavy atom. The predicted octanol–water partition coefficient (Wildman–Crippen LogP) is 2.19. The van der Waals surface area contributed by atoms with Crippen molar-refractivity contribution in [1.82, 2.24) is 5.32 Å². The second-order valence-corrected chi connectivity index (χ2v) is 4.68. The number of aliphatic hydroxyl groups excluding tert-OH is 1. The fourth-order valence-corrected chi connectivity index (χ4v) is 2.08. The summed E-state index contributed by atoms with van der Waals surface area (Å²) >= 11 is 1.59. The Kier molecular flexibility index (Phi) is 7.42. The molecule has 0 aliphatic carbocycles. The summed E-state index contributed by atoms with van der Waals surface area (Å²) < 4.78 is 5.36. The molecule has 0 aliphatic heterocycles. The van der Waals surface area contributed by atoms with Crippen LogP contribution in [0.15, 0.2) is 17.5 Å². The molecule has 0 aliphatic rings. The number of hydrogen-bond donors (Lipinski definition) is 2. The van der Waals surface area contributed by atoms with Crippen molar-refractivity contribution in [3.8, 4) is 0 Å². The summed E-state index contributed by atoms with van der Waals surface area (Å²) in [5, 5.41) is 15.0. The van der Waals surface area contributed by atoms with Crippen LogP contribution in [0.4, 0.5) is 0 Å². The van der Waals surface area contributed by atoms with E-state index in [1.165, 1.54) is 0 Å². The molecule has 0 aromatic carbocycles. The molecule has 0 amide bonds. The third-order valence-corrected chi connectivity index (χ3v) is 3.17. The van der Waals surface area contributed by atoms with Gasteiger partial charge in [-0.3, -0.25) is 0 Å². The van der Waals surface area contributed by atoms with E-state index in [1.807, 2.05) is 17.5 Å². The molecule has 1 aromatic rings. The van der Waals surface area contributed by atoms with Crippen molar-refractivity contribution in [3.63, 3.8) is 0 Å². The van der Waals surface area contributed by atoms with Crippen molar-refractivity contribution < 1.29 is 9.84 Å².